The van der Waals surface area contributed by atoms with Gasteiger partial charge in [-0.1, -0.05) is 52.4 Å². The molecule has 0 aromatic carbocycles. The maximum atomic E-state index is 12.4. The monoisotopic (exact) mass is 370 g/mol. The molecule has 27 heavy (non-hydrogen) atoms. The first-order chi connectivity index (χ1) is 13.1. The Morgan fingerprint density at radius 3 is 2.52 bits per heavy atom. The van der Waals surface area contributed by atoms with Crippen LogP contribution in [0.2, 0.25) is 0 Å². The summed E-state index contributed by atoms with van der Waals surface area (Å²) >= 11 is 0. The highest BCUT2D eigenvalue weighted by atomic mass is 16.5. The van der Waals surface area contributed by atoms with Gasteiger partial charge in [-0.3, -0.25) is 4.98 Å². The topological polar surface area (TPSA) is 63.0 Å². The first kappa shape index (κ1) is 21.4. The summed E-state index contributed by atoms with van der Waals surface area (Å²) in [4.78, 5) is 16.7. The molecule has 1 aromatic heterocycles. The van der Waals surface area contributed by atoms with Crippen LogP contribution in [0.1, 0.15) is 101 Å². The summed E-state index contributed by atoms with van der Waals surface area (Å²) in [6.07, 6.45) is 13.9. The van der Waals surface area contributed by atoms with E-state index in [0.29, 0.717) is 5.56 Å². The van der Waals surface area contributed by atoms with Crippen molar-refractivity contribution in [2.45, 2.75) is 97.0 Å². The van der Waals surface area contributed by atoms with Gasteiger partial charge in [0.15, 0.2) is 0 Å². The van der Waals surface area contributed by atoms with Crippen molar-refractivity contribution in [1.82, 2.24) is 4.98 Å². The Hall–Kier alpha value is -1.89. The lowest BCUT2D eigenvalue weighted by molar-refractivity contribution is 0.0104. The molecular weight excluding hydrogens is 336 g/mol. The quantitative estimate of drug-likeness (QED) is 0.374. The van der Waals surface area contributed by atoms with Crippen LogP contribution in [0.25, 0.3) is 0 Å². The fourth-order valence-electron chi connectivity index (χ4n) is 3.92. The maximum Gasteiger partial charge on any atom is 0.339 e. The average Bonchev–Trinajstić information content (AvgIpc) is 2.70. The SMILES string of the molecule is CCCCCCCC1(C#N)CCC(OC(=O)c2ccc(CCC)nc2)CC1. The number of unbranched alkanes of at least 4 members (excludes halogenated alkanes) is 4. The zero-order valence-electron chi connectivity index (χ0n) is 17.0. The predicted octanol–water partition coefficient (Wildman–Crippen LogP) is 6.00. The van der Waals surface area contributed by atoms with Crippen molar-refractivity contribution in [3.8, 4) is 6.07 Å². The minimum absolute atomic E-state index is 0.0746. The molecule has 0 radical (unpaired) electrons. The molecule has 0 amide bonds. The fourth-order valence-corrected chi connectivity index (χ4v) is 3.92. The summed E-state index contributed by atoms with van der Waals surface area (Å²) in [5.74, 6) is -0.292. The van der Waals surface area contributed by atoms with E-state index >= 15 is 0 Å². The van der Waals surface area contributed by atoms with Crippen molar-refractivity contribution < 1.29 is 9.53 Å². The lowest BCUT2D eigenvalue weighted by atomic mass is 9.71. The largest absolute Gasteiger partial charge is 0.459 e. The van der Waals surface area contributed by atoms with Gasteiger partial charge < -0.3 is 4.74 Å². The molecular formula is C23H34N2O2. The molecule has 1 aliphatic rings. The van der Waals surface area contributed by atoms with E-state index in [4.69, 9.17) is 4.74 Å². The Bertz CT molecular complexity index is 610. The Labute approximate surface area is 164 Å². The minimum atomic E-state index is -0.292. The van der Waals surface area contributed by atoms with Gasteiger partial charge in [0.05, 0.1) is 17.0 Å². The predicted molar refractivity (Wildman–Crippen MR) is 107 cm³/mol. The second kappa shape index (κ2) is 11.1. The summed E-state index contributed by atoms with van der Waals surface area (Å²) in [6, 6.07) is 6.29. The average molecular weight is 371 g/mol. The number of nitrogens with zero attached hydrogens (tertiary/aromatic N) is 2. The molecule has 1 heterocycles. The van der Waals surface area contributed by atoms with Crippen LogP contribution in [0.5, 0.6) is 0 Å². The number of carbonyl (C=O) groups is 1. The van der Waals surface area contributed by atoms with Crippen molar-refractivity contribution >= 4 is 5.97 Å². The number of esters is 1. The number of hydrogen-bond donors (Lipinski definition) is 0. The molecule has 0 saturated heterocycles. The van der Waals surface area contributed by atoms with Crippen LogP contribution in [-0.4, -0.2) is 17.1 Å². The summed E-state index contributed by atoms with van der Waals surface area (Å²) in [5.41, 5.74) is 1.31. The first-order valence-electron chi connectivity index (χ1n) is 10.7. The molecule has 0 aliphatic heterocycles. The van der Waals surface area contributed by atoms with Crippen molar-refractivity contribution in [3.63, 3.8) is 0 Å². The van der Waals surface area contributed by atoms with Crippen LogP contribution in [-0.2, 0) is 11.2 Å². The summed E-state index contributed by atoms with van der Waals surface area (Å²) in [7, 11) is 0. The first-order valence-corrected chi connectivity index (χ1v) is 10.7. The Balaban J connectivity index is 1.78. The number of carbonyl (C=O) groups excluding carboxylic acids is 1. The molecule has 0 N–H and O–H groups in total. The van der Waals surface area contributed by atoms with E-state index in [-0.39, 0.29) is 17.5 Å². The number of nitriles is 1. The van der Waals surface area contributed by atoms with Gasteiger partial charge in [0, 0.05) is 11.9 Å². The maximum absolute atomic E-state index is 12.4. The third-order valence-electron chi connectivity index (χ3n) is 5.73. The molecule has 0 spiro atoms. The van der Waals surface area contributed by atoms with Crippen LogP contribution >= 0.6 is 0 Å². The van der Waals surface area contributed by atoms with Gasteiger partial charge in [-0.15, -0.1) is 0 Å². The molecule has 1 saturated carbocycles. The molecule has 1 aromatic rings. The third-order valence-corrected chi connectivity index (χ3v) is 5.73. The highest BCUT2D eigenvalue weighted by Crippen LogP contribution is 2.41. The van der Waals surface area contributed by atoms with Crippen LogP contribution in [0.15, 0.2) is 18.3 Å². The van der Waals surface area contributed by atoms with E-state index in [1.165, 1.54) is 25.7 Å². The molecule has 0 bridgehead atoms. The highest BCUT2D eigenvalue weighted by Gasteiger charge is 2.36. The van der Waals surface area contributed by atoms with Crippen molar-refractivity contribution in [3.05, 3.63) is 29.6 Å². The van der Waals surface area contributed by atoms with Gasteiger partial charge >= 0.3 is 5.97 Å². The van der Waals surface area contributed by atoms with Gasteiger partial charge in [0.2, 0.25) is 0 Å². The number of aryl methyl sites for hydroxylation is 1. The molecule has 2 rings (SSSR count). The smallest absolute Gasteiger partial charge is 0.339 e. The lowest BCUT2D eigenvalue weighted by Gasteiger charge is -2.34. The number of ether oxygens (including phenoxy) is 1. The van der Waals surface area contributed by atoms with E-state index in [1.54, 1.807) is 12.3 Å². The minimum Gasteiger partial charge on any atom is -0.459 e. The number of rotatable bonds is 10. The van der Waals surface area contributed by atoms with Gasteiger partial charge in [-0.05, 0) is 50.7 Å². The molecule has 0 unspecified atom stereocenters. The number of pyridine rings is 1. The zero-order chi connectivity index (χ0) is 19.5. The van der Waals surface area contributed by atoms with Crippen molar-refractivity contribution in [1.29, 1.82) is 5.26 Å². The third kappa shape index (κ3) is 6.65. The van der Waals surface area contributed by atoms with E-state index in [0.717, 1.165) is 57.1 Å². The number of aromatic nitrogens is 1. The van der Waals surface area contributed by atoms with E-state index in [1.807, 2.05) is 6.07 Å². The van der Waals surface area contributed by atoms with Gasteiger partial charge in [-0.25, -0.2) is 4.79 Å². The van der Waals surface area contributed by atoms with Crippen LogP contribution in [0, 0.1) is 16.7 Å². The van der Waals surface area contributed by atoms with E-state index in [9.17, 15) is 10.1 Å². The van der Waals surface area contributed by atoms with Gasteiger partial charge in [0.25, 0.3) is 0 Å². The Morgan fingerprint density at radius 2 is 1.93 bits per heavy atom. The molecule has 1 aliphatic carbocycles. The summed E-state index contributed by atoms with van der Waals surface area (Å²) in [6.45, 7) is 4.33. The summed E-state index contributed by atoms with van der Waals surface area (Å²) in [5, 5.41) is 9.69. The van der Waals surface area contributed by atoms with Crippen molar-refractivity contribution in [2.75, 3.05) is 0 Å². The second-order valence-electron chi connectivity index (χ2n) is 7.95. The van der Waals surface area contributed by atoms with Gasteiger partial charge in [0.1, 0.15) is 6.10 Å². The number of hydrogen-bond acceptors (Lipinski definition) is 4. The summed E-state index contributed by atoms with van der Waals surface area (Å²) < 4.78 is 5.68. The second-order valence-corrected chi connectivity index (χ2v) is 7.95. The molecule has 4 nitrogen and oxygen atoms in total. The normalized spacial score (nSPS) is 22.2. The fraction of sp³-hybridized carbons (Fsp3) is 0.696. The van der Waals surface area contributed by atoms with Crippen molar-refractivity contribution in [2.24, 2.45) is 5.41 Å². The van der Waals surface area contributed by atoms with E-state index in [2.05, 4.69) is 24.9 Å². The molecule has 1 fully saturated rings. The lowest BCUT2D eigenvalue weighted by Crippen LogP contribution is -2.31. The Kier molecular flexibility index (Phi) is 8.78. The van der Waals surface area contributed by atoms with Crippen LogP contribution in [0.4, 0.5) is 0 Å². The van der Waals surface area contributed by atoms with Crippen LogP contribution in [0.3, 0.4) is 0 Å². The molecule has 4 heteroatoms. The van der Waals surface area contributed by atoms with E-state index < -0.39 is 0 Å². The molecule has 0 atom stereocenters. The zero-order valence-corrected chi connectivity index (χ0v) is 17.0. The molecule has 148 valence electrons. The van der Waals surface area contributed by atoms with Crippen LogP contribution < -0.4 is 0 Å². The Morgan fingerprint density at radius 1 is 1.19 bits per heavy atom. The highest BCUT2D eigenvalue weighted by molar-refractivity contribution is 5.89. The standard InChI is InChI=1S/C23H34N2O2/c1-3-5-6-7-8-14-23(18-24)15-12-21(13-16-23)27-22(26)19-10-11-20(9-4-2)25-17-19/h10-11,17,21H,3-9,12-16H2,1-2H3. The van der Waals surface area contributed by atoms with Gasteiger partial charge in [-0.2, -0.15) is 5.26 Å².